The molecular weight excluding hydrogens is 344 g/mol. The van der Waals surface area contributed by atoms with Crippen LogP contribution in [0, 0.1) is 0 Å². The third kappa shape index (κ3) is 5.78. The standard InChI is InChI=1S/C17H26N2O5S/c1-19(10-4-11-23-2)17(20)14-6-8-16(9-7-14)25(21,22)18-13-15-5-3-12-24-15/h6-9,15,18H,3-5,10-13H2,1-2H3. The molecule has 0 saturated carbocycles. The van der Waals surface area contributed by atoms with E-state index in [0.717, 1.165) is 19.3 Å². The molecule has 1 unspecified atom stereocenters. The molecule has 1 fully saturated rings. The Morgan fingerprint density at radius 1 is 1.36 bits per heavy atom. The Morgan fingerprint density at radius 3 is 2.68 bits per heavy atom. The van der Waals surface area contributed by atoms with Crippen molar-refractivity contribution in [3.63, 3.8) is 0 Å². The first-order valence-electron chi connectivity index (χ1n) is 8.40. The van der Waals surface area contributed by atoms with Crippen molar-refractivity contribution in [3.8, 4) is 0 Å². The van der Waals surface area contributed by atoms with Gasteiger partial charge in [0.2, 0.25) is 10.0 Å². The molecule has 1 heterocycles. The Hall–Kier alpha value is -1.48. The number of methoxy groups -OCH3 is 1. The van der Waals surface area contributed by atoms with Crippen molar-refractivity contribution in [2.24, 2.45) is 0 Å². The van der Waals surface area contributed by atoms with Crippen molar-refractivity contribution in [1.82, 2.24) is 9.62 Å². The number of carbonyl (C=O) groups excluding carboxylic acids is 1. The van der Waals surface area contributed by atoms with Gasteiger partial charge in [-0.3, -0.25) is 4.79 Å². The van der Waals surface area contributed by atoms with Crippen LogP contribution < -0.4 is 4.72 Å². The molecule has 0 bridgehead atoms. The summed E-state index contributed by atoms with van der Waals surface area (Å²) in [5.41, 5.74) is 0.456. The van der Waals surface area contributed by atoms with Gasteiger partial charge in [-0.15, -0.1) is 0 Å². The topological polar surface area (TPSA) is 84.9 Å². The number of rotatable bonds is 9. The van der Waals surface area contributed by atoms with E-state index < -0.39 is 10.0 Å². The van der Waals surface area contributed by atoms with E-state index in [1.54, 1.807) is 19.1 Å². The lowest BCUT2D eigenvalue weighted by atomic mass is 10.2. The molecule has 1 N–H and O–H groups in total. The van der Waals surface area contributed by atoms with E-state index in [2.05, 4.69) is 4.72 Å². The molecule has 25 heavy (non-hydrogen) atoms. The minimum Gasteiger partial charge on any atom is -0.385 e. The smallest absolute Gasteiger partial charge is 0.253 e. The first kappa shape index (κ1) is 19.8. The summed E-state index contributed by atoms with van der Waals surface area (Å²) in [4.78, 5) is 14.0. The van der Waals surface area contributed by atoms with Crippen LogP contribution in [0.15, 0.2) is 29.2 Å². The van der Waals surface area contributed by atoms with Crippen LogP contribution in [0.4, 0.5) is 0 Å². The maximum atomic E-state index is 12.3. The maximum absolute atomic E-state index is 12.3. The number of amides is 1. The molecule has 140 valence electrons. The summed E-state index contributed by atoms with van der Waals surface area (Å²) in [5, 5.41) is 0. The summed E-state index contributed by atoms with van der Waals surface area (Å²) in [5.74, 6) is -0.146. The van der Waals surface area contributed by atoms with E-state index in [1.165, 1.54) is 24.3 Å². The Balaban J connectivity index is 1.94. The monoisotopic (exact) mass is 370 g/mol. The number of sulfonamides is 1. The van der Waals surface area contributed by atoms with E-state index in [9.17, 15) is 13.2 Å². The molecule has 1 atom stereocenters. The Bertz CT molecular complexity index is 654. The van der Waals surface area contributed by atoms with Crippen molar-refractivity contribution >= 4 is 15.9 Å². The Morgan fingerprint density at radius 2 is 2.08 bits per heavy atom. The minimum atomic E-state index is -3.60. The van der Waals surface area contributed by atoms with Crippen LogP contribution in [0.25, 0.3) is 0 Å². The fourth-order valence-corrected chi connectivity index (χ4v) is 3.70. The van der Waals surface area contributed by atoms with E-state index >= 15 is 0 Å². The molecule has 1 amide bonds. The van der Waals surface area contributed by atoms with Crippen molar-refractivity contribution in [2.75, 3.05) is 40.5 Å². The third-order valence-electron chi connectivity index (χ3n) is 4.13. The highest BCUT2D eigenvalue weighted by molar-refractivity contribution is 7.89. The molecule has 8 heteroatoms. The molecule has 7 nitrogen and oxygen atoms in total. The summed E-state index contributed by atoms with van der Waals surface area (Å²) >= 11 is 0. The van der Waals surface area contributed by atoms with Crippen molar-refractivity contribution in [2.45, 2.75) is 30.3 Å². The lowest BCUT2D eigenvalue weighted by Gasteiger charge is -2.17. The van der Waals surface area contributed by atoms with E-state index in [1.807, 2.05) is 0 Å². The highest BCUT2D eigenvalue weighted by atomic mass is 32.2. The van der Waals surface area contributed by atoms with Gasteiger partial charge >= 0.3 is 0 Å². The maximum Gasteiger partial charge on any atom is 0.253 e. The quantitative estimate of drug-likeness (QED) is 0.662. The van der Waals surface area contributed by atoms with Crippen LogP contribution in [-0.4, -0.2) is 65.8 Å². The number of hydrogen-bond donors (Lipinski definition) is 1. The average Bonchev–Trinajstić information content (AvgIpc) is 3.13. The molecule has 0 spiro atoms. The predicted molar refractivity (Wildman–Crippen MR) is 94.1 cm³/mol. The fraction of sp³-hybridized carbons (Fsp3) is 0.588. The molecular formula is C17H26N2O5S. The first-order chi connectivity index (χ1) is 11.9. The Kier molecular flexibility index (Phi) is 7.37. The van der Waals surface area contributed by atoms with Gasteiger partial charge in [0.25, 0.3) is 5.91 Å². The zero-order valence-electron chi connectivity index (χ0n) is 14.7. The molecule has 0 aromatic heterocycles. The van der Waals surface area contributed by atoms with Crippen molar-refractivity contribution in [1.29, 1.82) is 0 Å². The fourth-order valence-electron chi connectivity index (χ4n) is 2.64. The number of carbonyl (C=O) groups is 1. The number of nitrogens with zero attached hydrogens (tertiary/aromatic N) is 1. The summed E-state index contributed by atoms with van der Waals surface area (Å²) in [6.07, 6.45) is 2.52. The lowest BCUT2D eigenvalue weighted by Crippen LogP contribution is -2.32. The lowest BCUT2D eigenvalue weighted by molar-refractivity contribution is 0.0779. The normalized spacial score (nSPS) is 17.6. The SMILES string of the molecule is COCCCN(C)C(=O)c1ccc(S(=O)(=O)NCC2CCCO2)cc1. The molecule has 1 aliphatic heterocycles. The van der Waals surface area contributed by atoms with Gasteiger partial charge in [-0.1, -0.05) is 0 Å². The van der Waals surface area contributed by atoms with Gasteiger partial charge in [-0.25, -0.2) is 13.1 Å². The largest absolute Gasteiger partial charge is 0.385 e. The van der Waals surface area contributed by atoms with Gasteiger partial charge in [0.1, 0.15) is 0 Å². The van der Waals surface area contributed by atoms with Gasteiger partial charge < -0.3 is 14.4 Å². The third-order valence-corrected chi connectivity index (χ3v) is 5.56. The van der Waals surface area contributed by atoms with E-state index in [0.29, 0.717) is 25.3 Å². The van der Waals surface area contributed by atoms with Crippen LogP contribution in [0.5, 0.6) is 0 Å². The number of hydrogen-bond acceptors (Lipinski definition) is 5. The van der Waals surface area contributed by atoms with Crippen LogP contribution >= 0.6 is 0 Å². The summed E-state index contributed by atoms with van der Waals surface area (Å²) in [7, 11) is -0.266. The zero-order chi connectivity index (χ0) is 18.3. The minimum absolute atomic E-state index is 0.0589. The van der Waals surface area contributed by atoms with Crippen LogP contribution in [0.1, 0.15) is 29.6 Å². The highest BCUT2D eigenvalue weighted by Gasteiger charge is 2.20. The second-order valence-corrected chi connectivity index (χ2v) is 7.85. The van der Waals surface area contributed by atoms with Gasteiger partial charge in [0, 0.05) is 46.0 Å². The molecule has 0 radical (unpaired) electrons. The van der Waals surface area contributed by atoms with Crippen molar-refractivity contribution < 1.29 is 22.7 Å². The highest BCUT2D eigenvalue weighted by Crippen LogP contribution is 2.14. The van der Waals surface area contributed by atoms with Crippen LogP contribution in [0.2, 0.25) is 0 Å². The van der Waals surface area contributed by atoms with Gasteiger partial charge in [-0.2, -0.15) is 0 Å². The number of benzene rings is 1. The zero-order valence-corrected chi connectivity index (χ0v) is 15.5. The predicted octanol–water partition coefficient (Wildman–Crippen LogP) is 1.25. The first-order valence-corrected chi connectivity index (χ1v) is 9.88. The second-order valence-electron chi connectivity index (χ2n) is 6.08. The molecule has 1 aromatic rings. The molecule has 0 aliphatic carbocycles. The van der Waals surface area contributed by atoms with Crippen LogP contribution in [0.3, 0.4) is 0 Å². The van der Waals surface area contributed by atoms with Gasteiger partial charge in [0.15, 0.2) is 0 Å². The number of ether oxygens (including phenoxy) is 2. The summed E-state index contributed by atoms with van der Waals surface area (Å²) in [6, 6.07) is 5.98. The van der Waals surface area contributed by atoms with E-state index in [-0.39, 0.29) is 23.5 Å². The average molecular weight is 370 g/mol. The Labute approximate surface area is 149 Å². The van der Waals surface area contributed by atoms with E-state index in [4.69, 9.17) is 9.47 Å². The second kappa shape index (κ2) is 9.28. The molecule has 1 aliphatic rings. The molecule has 2 rings (SSSR count). The van der Waals surface area contributed by atoms with Gasteiger partial charge in [-0.05, 0) is 43.5 Å². The summed E-state index contributed by atoms with van der Waals surface area (Å²) in [6.45, 7) is 2.12. The van der Waals surface area contributed by atoms with Gasteiger partial charge in [0.05, 0.1) is 11.0 Å². The molecule has 1 saturated heterocycles. The van der Waals surface area contributed by atoms with Crippen LogP contribution in [-0.2, 0) is 19.5 Å². The number of nitrogens with one attached hydrogen (secondary N) is 1. The summed E-state index contributed by atoms with van der Waals surface area (Å²) < 4.78 is 37.6. The van der Waals surface area contributed by atoms with Crippen molar-refractivity contribution in [3.05, 3.63) is 29.8 Å². The molecule has 1 aromatic carbocycles.